The molecule has 14 atom stereocenters. The monoisotopic (exact) mass is 659 g/mol. The predicted molar refractivity (Wildman–Crippen MR) is 179 cm³/mol. The Kier molecular flexibility index (Phi) is 8.20. The summed E-state index contributed by atoms with van der Waals surface area (Å²) in [4.78, 5) is 14.8. The molecule has 8 nitrogen and oxygen atoms in total. The Bertz CT molecular complexity index is 1230. The second kappa shape index (κ2) is 11.1. The molecule has 8 heteroatoms. The van der Waals surface area contributed by atoms with Gasteiger partial charge in [0, 0.05) is 18.4 Å². The highest BCUT2D eigenvalue weighted by Crippen LogP contribution is 2.89. The molecule has 7 fully saturated rings. The molecule has 0 aromatic heterocycles. The van der Waals surface area contributed by atoms with E-state index in [9.17, 15) is 20.1 Å². The molecule has 0 unspecified atom stereocenters. The number of carbonyl (C=O) groups is 1. The molecular formula is C39H65NO7. The molecule has 2 spiro atoms. The number of rotatable bonds is 6. The van der Waals surface area contributed by atoms with Gasteiger partial charge in [-0.15, -0.1) is 0 Å². The van der Waals surface area contributed by atoms with Crippen LogP contribution in [0.1, 0.15) is 120 Å². The Hall–Kier alpha value is -0.770. The van der Waals surface area contributed by atoms with Crippen molar-refractivity contribution in [1.29, 1.82) is 0 Å². The molecule has 2 heterocycles. The Labute approximate surface area is 283 Å². The van der Waals surface area contributed by atoms with Gasteiger partial charge in [0.15, 0.2) is 6.29 Å². The van der Waals surface area contributed by atoms with Gasteiger partial charge >= 0.3 is 0 Å². The third-order valence-corrected chi connectivity index (χ3v) is 16.1. The SMILES string of the molecule is CC(C)CC(=O)N1CCO[C@@H](O[C@H]2CC[C@]34C[C@]35CC[C@]3(C)[C@@H]6[C@H](O[C@@H]([C@H](O)C(C)(C)O)C[C@H]6C)[C@H](O)[C@@]3(C)[C@@H]5CC[C@H]4C2(C)C)C1. The van der Waals surface area contributed by atoms with Crippen molar-refractivity contribution in [3.8, 4) is 0 Å². The van der Waals surface area contributed by atoms with Crippen LogP contribution in [0, 0.1) is 56.7 Å². The number of nitrogens with zero attached hydrogens (tertiary/aromatic N) is 1. The maximum Gasteiger partial charge on any atom is 0.223 e. The van der Waals surface area contributed by atoms with Crippen LogP contribution in [0.25, 0.3) is 0 Å². The summed E-state index contributed by atoms with van der Waals surface area (Å²) < 4.78 is 19.6. The van der Waals surface area contributed by atoms with E-state index in [4.69, 9.17) is 14.2 Å². The number of carbonyl (C=O) groups excluding carboxylic acids is 1. The van der Waals surface area contributed by atoms with E-state index in [2.05, 4.69) is 48.5 Å². The van der Waals surface area contributed by atoms with Crippen molar-refractivity contribution < 1.29 is 34.3 Å². The maximum atomic E-state index is 12.8. The third-order valence-electron chi connectivity index (χ3n) is 16.1. The average molecular weight is 660 g/mol. The number of fused-ring (bicyclic) bond motifs is 4. The second-order valence-corrected chi connectivity index (χ2v) is 19.5. The van der Waals surface area contributed by atoms with Gasteiger partial charge < -0.3 is 34.4 Å². The van der Waals surface area contributed by atoms with Crippen LogP contribution < -0.4 is 0 Å². The highest BCUT2D eigenvalue weighted by atomic mass is 16.7. The van der Waals surface area contributed by atoms with Gasteiger partial charge in [-0.3, -0.25) is 4.79 Å². The first-order valence-corrected chi connectivity index (χ1v) is 19.1. The fourth-order valence-corrected chi connectivity index (χ4v) is 13.8. The molecule has 0 bridgehead atoms. The lowest BCUT2D eigenvalue weighted by Gasteiger charge is -2.64. The van der Waals surface area contributed by atoms with Gasteiger partial charge in [-0.1, -0.05) is 48.5 Å². The van der Waals surface area contributed by atoms with Crippen LogP contribution in [0.3, 0.4) is 0 Å². The van der Waals surface area contributed by atoms with Crippen molar-refractivity contribution in [2.45, 2.75) is 163 Å². The smallest absolute Gasteiger partial charge is 0.223 e. The van der Waals surface area contributed by atoms with E-state index in [0.717, 1.165) is 32.1 Å². The zero-order valence-corrected chi connectivity index (χ0v) is 30.8. The Morgan fingerprint density at radius 1 is 1.04 bits per heavy atom. The maximum absolute atomic E-state index is 12.8. The lowest BCUT2D eigenvalue weighted by Crippen LogP contribution is -2.60. The van der Waals surface area contributed by atoms with Crippen molar-refractivity contribution in [1.82, 2.24) is 4.90 Å². The third kappa shape index (κ3) is 4.76. The van der Waals surface area contributed by atoms with Crippen LogP contribution in [0.2, 0.25) is 0 Å². The fraction of sp³-hybridized carbons (Fsp3) is 0.974. The molecule has 268 valence electrons. The highest BCUT2D eigenvalue weighted by molar-refractivity contribution is 5.76. The zero-order valence-electron chi connectivity index (χ0n) is 30.8. The largest absolute Gasteiger partial charge is 0.390 e. The first-order valence-electron chi connectivity index (χ1n) is 19.1. The molecule has 5 aliphatic carbocycles. The van der Waals surface area contributed by atoms with Crippen LogP contribution in [0.5, 0.6) is 0 Å². The molecule has 47 heavy (non-hydrogen) atoms. The van der Waals surface area contributed by atoms with E-state index in [1.165, 1.54) is 12.8 Å². The molecule has 0 radical (unpaired) electrons. The minimum absolute atomic E-state index is 0.0116. The highest BCUT2D eigenvalue weighted by Gasteiger charge is 2.84. The van der Waals surface area contributed by atoms with E-state index in [-0.39, 0.29) is 57.4 Å². The second-order valence-electron chi connectivity index (χ2n) is 19.5. The lowest BCUT2D eigenvalue weighted by molar-refractivity contribution is -0.248. The quantitative estimate of drug-likeness (QED) is 0.343. The van der Waals surface area contributed by atoms with E-state index in [0.29, 0.717) is 56.2 Å². The average Bonchev–Trinajstić information content (AvgIpc) is 3.62. The van der Waals surface area contributed by atoms with Gasteiger partial charge in [-0.05, 0) is 116 Å². The number of morpholine rings is 1. The first kappa shape index (κ1) is 34.7. The van der Waals surface area contributed by atoms with E-state index in [1.54, 1.807) is 13.8 Å². The number of amides is 1. The minimum atomic E-state index is -1.26. The molecular weight excluding hydrogens is 594 g/mol. The Morgan fingerprint density at radius 3 is 2.40 bits per heavy atom. The van der Waals surface area contributed by atoms with Gasteiger partial charge in [0.1, 0.15) is 6.10 Å². The zero-order chi connectivity index (χ0) is 34.1. The minimum Gasteiger partial charge on any atom is -0.390 e. The molecule has 5 saturated carbocycles. The van der Waals surface area contributed by atoms with Gasteiger partial charge in [-0.25, -0.2) is 0 Å². The topological polar surface area (TPSA) is 109 Å². The molecule has 0 aromatic carbocycles. The van der Waals surface area contributed by atoms with E-state index >= 15 is 0 Å². The van der Waals surface area contributed by atoms with Gasteiger partial charge in [-0.2, -0.15) is 0 Å². The summed E-state index contributed by atoms with van der Waals surface area (Å²) in [5.41, 5.74) is -1.04. The number of aliphatic hydroxyl groups is 3. The molecule has 7 rings (SSSR count). The van der Waals surface area contributed by atoms with Crippen LogP contribution in [0.15, 0.2) is 0 Å². The summed E-state index contributed by atoms with van der Waals surface area (Å²) in [5.74, 6) is 2.07. The van der Waals surface area contributed by atoms with E-state index < -0.39 is 23.9 Å². The fourth-order valence-electron chi connectivity index (χ4n) is 13.8. The van der Waals surface area contributed by atoms with Gasteiger partial charge in [0.05, 0.1) is 43.2 Å². The van der Waals surface area contributed by atoms with Crippen LogP contribution in [-0.2, 0) is 19.0 Å². The molecule has 3 N–H and O–H groups in total. The number of hydrogen-bond acceptors (Lipinski definition) is 7. The predicted octanol–water partition coefficient (Wildman–Crippen LogP) is 5.55. The van der Waals surface area contributed by atoms with Crippen LogP contribution >= 0.6 is 0 Å². The molecule has 2 saturated heterocycles. The molecule has 2 aliphatic heterocycles. The van der Waals surface area contributed by atoms with Gasteiger partial charge in [0.25, 0.3) is 0 Å². The summed E-state index contributed by atoms with van der Waals surface area (Å²) in [6, 6.07) is 0. The number of aliphatic hydroxyl groups excluding tert-OH is 2. The summed E-state index contributed by atoms with van der Waals surface area (Å²) in [6.45, 7) is 21.2. The van der Waals surface area contributed by atoms with Crippen LogP contribution in [0.4, 0.5) is 0 Å². The number of ether oxygens (including phenoxy) is 3. The number of hydrogen-bond donors (Lipinski definition) is 3. The van der Waals surface area contributed by atoms with E-state index in [1.807, 2.05) is 4.90 Å². The van der Waals surface area contributed by atoms with Crippen molar-refractivity contribution in [2.75, 3.05) is 19.7 Å². The first-order chi connectivity index (χ1) is 21.8. The lowest BCUT2D eigenvalue weighted by atomic mass is 9.41. The standard InChI is InChI=1S/C39H65NO7/c1-22(2)18-28(41)40-16-17-45-29(20-40)47-27-12-13-38-21-39(38)15-14-36(8)30-23(3)19-24(32(42)35(6,7)44)46-31(30)33(43)37(36,9)26(39)11-10-25(38)34(27,4)5/h22-27,29-33,42-44H,10-21H2,1-9H3/t23-,24-,25+,26+,27+,29+,30+,31+,32+,33+,36-,37-,38-,39+/m1/s1. The summed E-state index contributed by atoms with van der Waals surface area (Å²) in [7, 11) is 0. The Balaban J connectivity index is 1.10. The molecule has 1 amide bonds. The normalized spacial score (nSPS) is 50.9. The van der Waals surface area contributed by atoms with Crippen LogP contribution in [-0.4, -0.2) is 88.2 Å². The van der Waals surface area contributed by atoms with Gasteiger partial charge in [0.2, 0.25) is 5.91 Å². The van der Waals surface area contributed by atoms with Crippen molar-refractivity contribution in [3.63, 3.8) is 0 Å². The summed E-state index contributed by atoms with van der Waals surface area (Å²) in [5, 5.41) is 34.1. The van der Waals surface area contributed by atoms with Crippen molar-refractivity contribution in [2.24, 2.45) is 56.7 Å². The molecule has 7 aliphatic rings. The molecule has 0 aromatic rings. The van der Waals surface area contributed by atoms with Crippen molar-refractivity contribution in [3.05, 3.63) is 0 Å². The van der Waals surface area contributed by atoms with Crippen molar-refractivity contribution >= 4 is 5.91 Å². The summed E-state index contributed by atoms with van der Waals surface area (Å²) in [6.07, 6.45) is 6.64. The summed E-state index contributed by atoms with van der Waals surface area (Å²) >= 11 is 0. The Morgan fingerprint density at radius 2 is 1.72 bits per heavy atom.